The lowest BCUT2D eigenvalue weighted by molar-refractivity contribution is -0.122. The van der Waals surface area contributed by atoms with Crippen LogP contribution in [0.3, 0.4) is 0 Å². The molecule has 41 heavy (non-hydrogen) atoms. The SMILES string of the molecule is C1CCOCC1.CC(=O)Cl.CC(C)(C)C1CCCCO1.CC(N)=O.CNC(C)(C)C(=O)CCl.CNC(C)(C)C(C)=O. The summed E-state index contributed by atoms with van der Waals surface area (Å²) in [6.07, 6.45) is 8.29. The molecule has 9 nitrogen and oxygen atoms in total. The minimum Gasteiger partial charge on any atom is -0.381 e. The van der Waals surface area contributed by atoms with Gasteiger partial charge >= 0.3 is 0 Å². The van der Waals surface area contributed by atoms with E-state index in [0.717, 1.165) is 19.8 Å². The number of ether oxygens (including phenoxy) is 2. The van der Waals surface area contributed by atoms with Gasteiger partial charge in [0.15, 0.2) is 5.78 Å². The number of Topliss-reactive ketones (excluding diaryl/α,β-unsaturated/α-hetero) is 2. The normalized spacial score (nSPS) is 16.5. The van der Waals surface area contributed by atoms with Crippen LogP contribution in [0.4, 0.5) is 0 Å². The standard InChI is InChI=1S/C9H18O.C6H12ClNO.C6H13NO.C5H10O.C2H3ClO.C2H5NO/c1-9(2,3)8-6-4-5-7-10-8;1-6(2,8-3)5(9)4-7;1-5(8)6(2,3)7-4;1-2-4-6-5-3-1;2*1-2(3)4/h8H,4-7H2,1-3H3;8H,4H2,1-3H3;7H,1-4H3;1-5H2;1H3;1H3,(H2,3,4). The maximum absolute atomic E-state index is 10.9. The number of hydrogen-bond donors (Lipinski definition) is 3. The van der Waals surface area contributed by atoms with Crippen LogP contribution in [0.25, 0.3) is 0 Å². The van der Waals surface area contributed by atoms with Crippen LogP contribution in [0, 0.1) is 5.41 Å². The Labute approximate surface area is 260 Å². The molecule has 0 radical (unpaired) electrons. The summed E-state index contributed by atoms with van der Waals surface area (Å²) < 4.78 is 10.7. The highest BCUT2D eigenvalue weighted by Crippen LogP contribution is 2.29. The second-order valence-electron chi connectivity index (χ2n) is 11.8. The Morgan fingerprint density at radius 3 is 1.29 bits per heavy atom. The lowest BCUT2D eigenvalue weighted by atomic mass is 9.85. The van der Waals surface area contributed by atoms with Crippen molar-refractivity contribution in [2.24, 2.45) is 11.1 Å². The van der Waals surface area contributed by atoms with Crippen molar-refractivity contribution in [3.63, 3.8) is 0 Å². The summed E-state index contributed by atoms with van der Waals surface area (Å²) >= 11 is 9.96. The van der Waals surface area contributed by atoms with Crippen LogP contribution in [0.5, 0.6) is 0 Å². The van der Waals surface area contributed by atoms with Gasteiger partial charge < -0.3 is 25.8 Å². The Hall–Kier alpha value is -1.10. The van der Waals surface area contributed by atoms with E-state index < -0.39 is 5.54 Å². The van der Waals surface area contributed by atoms with Crippen molar-refractivity contribution in [3.05, 3.63) is 0 Å². The van der Waals surface area contributed by atoms with E-state index in [9.17, 15) is 19.2 Å². The number of amides is 1. The van der Waals surface area contributed by atoms with E-state index in [-0.39, 0.29) is 34.1 Å². The summed E-state index contributed by atoms with van der Waals surface area (Å²) in [5, 5.41) is 5.39. The Bertz CT molecular complexity index is 669. The topological polar surface area (TPSA) is 137 Å². The van der Waals surface area contributed by atoms with Crippen LogP contribution in [0.2, 0.25) is 0 Å². The van der Waals surface area contributed by atoms with Gasteiger partial charge in [0.1, 0.15) is 5.78 Å². The molecule has 0 saturated carbocycles. The van der Waals surface area contributed by atoms with Crippen molar-refractivity contribution in [3.8, 4) is 0 Å². The predicted octanol–water partition coefficient (Wildman–Crippen LogP) is 5.42. The number of alkyl halides is 1. The van der Waals surface area contributed by atoms with Gasteiger partial charge in [-0.05, 0) is 104 Å². The predicted molar refractivity (Wildman–Crippen MR) is 172 cm³/mol. The van der Waals surface area contributed by atoms with Crippen LogP contribution < -0.4 is 16.4 Å². The fourth-order valence-corrected chi connectivity index (χ4v) is 2.93. The maximum atomic E-state index is 10.9. The Morgan fingerprint density at radius 1 is 0.780 bits per heavy atom. The third kappa shape index (κ3) is 35.0. The third-order valence-electron chi connectivity index (χ3n) is 6.17. The second-order valence-corrected chi connectivity index (χ2v) is 12.6. The van der Waals surface area contributed by atoms with Gasteiger partial charge in [0.05, 0.1) is 23.1 Å². The summed E-state index contributed by atoms with van der Waals surface area (Å²) in [5.41, 5.74) is 4.00. The zero-order valence-corrected chi connectivity index (χ0v) is 29.4. The quantitative estimate of drug-likeness (QED) is 0.271. The molecule has 1 atom stereocenters. The van der Waals surface area contributed by atoms with Gasteiger partial charge in [-0.2, -0.15) is 0 Å². The number of nitrogens with two attached hydrogens (primary N) is 1. The molecule has 0 aromatic rings. The van der Waals surface area contributed by atoms with E-state index in [1.54, 1.807) is 34.9 Å². The zero-order chi connectivity index (χ0) is 33.3. The third-order valence-corrected chi connectivity index (χ3v) is 6.41. The average Bonchev–Trinajstić information content (AvgIpc) is 2.89. The lowest BCUT2D eigenvalue weighted by Gasteiger charge is -2.33. The second kappa shape index (κ2) is 26.5. The molecule has 0 bridgehead atoms. The van der Waals surface area contributed by atoms with Crippen molar-refractivity contribution in [2.45, 2.75) is 125 Å². The Kier molecular flexibility index (Phi) is 30.3. The van der Waals surface area contributed by atoms with E-state index >= 15 is 0 Å². The first kappa shape index (κ1) is 46.8. The first-order chi connectivity index (χ1) is 18.6. The minimum absolute atomic E-state index is 0.0201. The van der Waals surface area contributed by atoms with Crippen molar-refractivity contribution >= 4 is 45.9 Å². The number of carbonyl (C=O) groups excluding carboxylic acids is 4. The van der Waals surface area contributed by atoms with Crippen molar-refractivity contribution in [1.29, 1.82) is 0 Å². The number of hydrogen-bond acceptors (Lipinski definition) is 8. The molecule has 2 aliphatic rings. The Balaban J connectivity index is -0.000000207. The zero-order valence-electron chi connectivity index (χ0n) is 27.9. The van der Waals surface area contributed by atoms with E-state index in [1.165, 1.54) is 52.4 Å². The van der Waals surface area contributed by atoms with Crippen LogP contribution in [0.15, 0.2) is 0 Å². The van der Waals surface area contributed by atoms with Crippen LogP contribution in [0.1, 0.15) is 108 Å². The first-order valence-electron chi connectivity index (χ1n) is 14.2. The molecule has 1 unspecified atom stereocenters. The molecule has 2 saturated heterocycles. The van der Waals surface area contributed by atoms with E-state index in [2.05, 4.69) is 48.7 Å². The minimum atomic E-state index is -0.470. The molecule has 4 N–H and O–H groups in total. The fraction of sp³-hybridized carbons (Fsp3) is 0.867. The number of carbonyl (C=O) groups is 4. The average molecular weight is 631 g/mol. The largest absolute Gasteiger partial charge is 0.381 e. The molecule has 2 rings (SSSR count). The highest BCUT2D eigenvalue weighted by molar-refractivity contribution is 6.62. The highest BCUT2D eigenvalue weighted by Gasteiger charge is 2.26. The lowest BCUT2D eigenvalue weighted by Crippen LogP contribution is -2.45. The van der Waals surface area contributed by atoms with E-state index in [4.69, 9.17) is 21.1 Å². The molecule has 1 amide bonds. The van der Waals surface area contributed by atoms with Crippen LogP contribution in [-0.2, 0) is 28.7 Å². The highest BCUT2D eigenvalue weighted by atomic mass is 35.5. The van der Waals surface area contributed by atoms with E-state index in [0.29, 0.717) is 11.5 Å². The summed E-state index contributed by atoms with van der Waals surface area (Å²) in [5.74, 6) is -0.0694. The maximum Gasteiger partial charge on any atom is 0.218 e. The first-order valence-corrected chi connectivity index (χ1v) is 15.1. The van der Waals surface area contributed by atoms with Gasteiger partial charge in [-0.25, -0.2) is 0 Å². The molecule has 0 aromatic heterocycles. The number of nitrogens with one attached hydrogen (secondary N) is 2. The van der Waals surface area contributed by atoms with Crippen molar-refractivity contribution < 1.29 is 28.7 Å². The number of halogens is 2. The molecule has 0 aromatic carbocycles. The Morgan fingerprint density at radius 2 is 1.17 bits per heavy atom. The smallest absolute Gasteiger partial charge is 0.218 e. The molecule has 246 valence electrons. The molecule has 2 heterocycles. The monoisotopic (exact) mass is 629 g/mol. The molecule has 0 aliphatic carbocycles. The summed E-state index contributed by atoms with van der Waals surface area (Å²) in [7, 11) is 3.52. The van der Waals surface area contributed by atoms with Crippen molar-refractivity contribution in [1.82, 2.24) is 10.6 Å². The van der Waals surface area contributed by atoms with E-state index in [1.807, 2.05) is 13.8 Å². The number of primary amides is 1. The van der Waals surface area contributed by atoms with Gasteiger partial charge in [-0.3, -0.25) is 19.2 Å². The van der Waals surface area contributed by atoms with Crippen LogP contribution in [-0.4, -0.2) is 79.7 Å². The summed E-state index contributed by atoms with van der Waals surface area (Å²) in [6.45, 7) is 21.2. The number of ketones is 2. The van der Waals surface area contributed by atoms with Crippen molar-refractivity contribution in [2.75, 3.05) is 39.8 Å². The van der Waals surface area contributed by atoms with Gasteiger partial charge in [0, 0.05) is 33.7 Å². The number of likely N-dealkylation sites (N-methyl/N-ethyl adjacent to an activating group) is 2. The van der Waals surface area contributed by atoms with Gasteiger partial charge in [0.25, 0.3) is 0 Å². The molecule has 2 fully saturated rings. The van der Waals surface area contributed by atoms with Gasteiger partial charge in [-0.1, -0.05) is 20.8 Å². The van der Waals surface area contributed by atoms with Gasteiger partial charge in [-0.15, -0.1) is 11.6 Å². The van der Waals surface area contributed by atoms with Gasteiger partial charge in [0.2, 0.25) is 11.1 Å². The molecular formula is C30H61Cl2N3O6. The molecular weight excluding hydrogens is 569 g/mol. The summed E-state index contributed by atoms with van der Waals surface area (Å²) in [4.78, 5) is 39.9. The molecule has 11 heteroatoms. The number of rotatable bonds is 5. The summed E-state index contributed by atoms with van der Waals surface area (Å²) in [6, 6.07) is 0. The molecule has 2 aliphatic heterocycles. The van der Waals surface area contributed by atoms with Crippen LogP contribution >= 0.6 is 23.2 Å². The molecule has 0 spiro atoms. The fourth-order valence-electron chi connectivity index (χ4n) is 2.59.